The first-order chi connectivity index (χ1) is 10.4. The van der Waals surface area contributed by atoms with Gasteiger partial charge < -0.3 is 15.7 Å². The van der Waals surface area contributed by atoms with E-state index in [-0.39, 0.29) is 18.7 Å². The van der Waals surface area contributed by atoms with E-state index < -0.39 is 24.0 Å². The topological polar surface area (TPSA) is 95.5 Å². The van der Waals surface area contributed by atoms with E-state index in [0.717, 1.165) is 5.56 Å². The van der Waals surface area contributed by atoms with Crippen LogP contribution in [0.5, 0.6) is 0 Å². The largest absolute Gasteiger partial charge is 0.480 e. The average molecular weight is 302 g/mol. The van der Waals surface area contributed by atoms with Gasteiger partial charge in [-0.2, -0.15) is 0 Å². The number of rotatable bonds is 7. The number of nitrogens with one attached hydrogen (secondary N) is 2. The van der Waals surface area contributed by atoms with E-state index >= 15 is 0 Å². The predicted molar refractivity (Wildman–Crippen MR) is 80.8 cm³/mol. The first kappa shape index (κ1) is 17.2. The summed E-state index contributed by atoms with van der Waals surface area (Å²) in [6.07, 6.45) is 5.22. The summed E-state index contributed by atoms with van der Waals surface area (Å²) in [5.74, 6) is 0.0290. The highest BCUT2D eigenvalue weighted by atomic mass is 16.4. The predicted octanol–water partition coefficient (Wildman–Crippen LogP) is 0.326. The van der Waals surface area contributed by atoms with Gasteiger partial charge in [0.15, 0.2) is 0 Å². The molecule has 0 fully saturated rings. The summed E-state index contributed by atoms with van der Waals surface area (Å²) in [6.45, 7) is 1.29. The Balaban J connectivity index is 2.82. The summed E-state index contributed by atoms with van der Waals surface area (Å²) < 4.78 is 0. The highest BCUT2D eigenvalue weighted by Crippen LogP contribution is 2.04. The van der Waals surface area contributed by atoms with Gasteiger partial charge in [0, 0.05) is 19.8 Å². The smallest absolute Gasteiger partial charge is 0.327 e. The van der Waals surface area contributed by atoms with Crippen LogP contribution in [0, 0.1) is 12.3 Å². The van der Waals surface area contributed by atoms with E-state index in [1.54, 1.807) is 0 Å². The molecule has 2 amide bonds. The lowest BCUT2D eigenvalue weighted by molar-refractivity contribution is -0.142. The molecule has 0 radical (unpaired) electrons. The molecule has 6 nitrogen and oxygen atoms in total. The standard InChI is InChI=1S/C16H18N2O4/c1-3-7-13(16(21)22)18-15(20)14(17-11(2)19)10-12-8-5-4-6-9-12/h1,4-6,8-9,13-14H,7,10H2,2H3,(H,17,19)(H,18,20)(H,21,22)/t13-,14+/m0/s1. The summed E-state index contributed by atoms with van der Waals surface area (Å²) in [4.78, 5) is 34.5. The monoisotopic (exact) mass is 302 g/mol. The van der Waals surface area contributed by atoms with Gasteiger partial charge in [0.25, 0.3) is 0 Å². The number of aliphatic carboxylic acids is 1. The zero-order valence-electron chi connectivity index (χ0n) is 12.2. The molecule has 3 N–H and O–H groups in total. The number of hydrogen-bond donors (Lipinski definition) is 3. The van der Waals surface area contributed by atoms with Crippen molar-refractivity contribution in [3.05, 3.63) is 35.9 Å². The number of hydrogen-bond acceptors (Lipinski definition) is 3. The van der Waals surface area contributed by atoms with Crippen molar-refractivity contribution in [2.75, 3.05) is 0 Å². The summed E-state index contributed by atoms with van der Waals surface area (Å²) in [5, 5.41) is 13.9. The Morgan fingerprint density at radius 1 is 1.18 bits per heavy atom. The van der Waals surface area contributed by atoms with E-state index in [1.165, 1.54) is 6.92 Å². The molecule has 116 valence electrons. The third-order valence-electron chi connectivity index (χ3n) is 2.91. The van der Waals surface area contributed by atoms with Crippen LogP contribution in [0.4, 0.5) is 0 Å². The highest BCUT2D eigenvalue weighted by Gasteiger charge is 2.25. The molecule has 0 spiro atoms. The molecule has 22 heavy (non-hydrogen) atoms. The molecular weight excluding hydrogens is 284 g/mol. The second-order valence-electron chi connectivity index (χ2n) is 4.75. The van der Waals surface area contributed by atoms with Crippen LogP contribution in [0.3, 0.4) is 0 Å². The SMILES string of the molecule is C#CC[C@H](NC(=O)[C@@H](Cc1ccccc1)NC(C)=O)C(=O)O. The van der Waals surface area contributed by atoms with Crippen LogP contribution < -0.4 is 10.6 Å². The van der Waals surface area contributed by atoms with Crippen molar-refractivity contribution in [1.29, 1.82) is 0 Å². The fraction of sp³-hybridized carbons (Fsp3) is 0.312. The van der Waals surface area contributed by atoms with E-state index in [0.29, 0.717) is 0 Å². The maximum atomic E-state index is 12.2. The van der Waals surface area contributed by atoms with Crippen molar-refractivity contribution >= 4 is 17.8 Å². The van der Waals surface area contributed by atoms with Gasteiger partial charge >= 0.3 is 5.97 Å². The molecule has 1 aromatic rings. The number of carbonyl (C=O) groups is 3. The summed E-state index contributed by atoms with van der Waals surface area (Å²) in [5.41, 5.74) is 0.847. The Bertz CT molecular complexity index is 578. The lowest BCUT2D eigenvalue weighted by atomic mass is 10.0. The maximum absolute atomic E-state index is 12.2. The van der Waals surface area contributed by atoms with Crippen molar-refractivity contribution in [3.63, 3.8) is 0 Å². The minimum Gasteiger partial charge on any atom is -0.480 e. The molecule has 0 aliphatic carbocycles. The van der Waals surface area contributed by atoms with Crippen LogP contribution in [0.2, 0.25) is 0 Å². The second kappa shape index (κ2) is 8.47. The molecule has 0 heterocycles. The van der Waals surface area contributed by atoms with Crippen LogP contribution >= 0.6 is 0 Å². The highest BCUT2D eigenvalue weighted by molar-refractivity contribution is 5.90. The molecule has 0 bridgehead atoms. The van der Waals surface area contributed by atoms with E-state index in [1.807, 2.05) is 30.3 Å². The van der Waals surface area contributed by atoms with Crippen molar-refractivity contribution in [1.82, 2.24) is 10.6 Å². The summed E-state index contributed by atoms with van der Waals surface area (Å²) in [6, 6.07) is 7.07. The molecule has 0 aliphatic rings. The molecule has 1 aromatic carbocycles. The average Bonchev–Trinajstić information content (AvgIpc) is 2.46. The minimum absolute atomic E-state index is 0.126. The number of benzene rings is 1. The molecule has 0 unspecified atom stereocenters. The van der Waals surface area contributed by atoms with Gasteiger partial charge in [-0.3, -0.25) is 9.59 Å². The van der Waals surface area contributed by atoms with Crippen molar-refractivity contribution in [2.24, 2.45) is 0 Å². The molecule has 1 rings (SSSR count). The van der Waals surface area contributed by atoms with Crippen LogP contribution in [-0.4, -0.2) is 35.0 Å². The number of carboxylic acid groups (broad SMARTS) is 1. The van der Waals surface area contributed by atoms with Crippen LogP contribution in [0.25, 0.3) is 0 Å². The first-order valence-electron chi connectivity index (χ1n) is 6.71. The second-order valence-corrected chi connectivity index (χ2v) is 4.75. The Morgan fingerprint density at radius 3 is 2.32 bits per heavy atom. The Kier molecular flexibility index (Phi) is 6.64. The van der Waals surface area contributed by atoms with Gasteiger partial charge in [-0.1, -0.05) is 30.3 Å². The van der Waals surface area contributed by atoms with Crippen molar-refractivity contribution in [3.8, 4) is 12.3 Å². The van der Waals surface area contributed by atoms with Gasteiger partial charge in [0.2, 0.25) is 11.8 Å². The normalized spacial score (nSPS) is 12.5. The van der Waals surface area contributed by atoms with Crippen LogP contribution in [-0.2, 0) is 20.8 Å². The third kappa shape index (κ3) is 5.67. The summed E-state index contributed by atoms with van der Waals surface area (Å²) in [7, 11) is 0. The van der Waals surface area contributed by atoms with E-state index in [4.69, 9.17) is 11.5 Å². The van der Waals surface area contributed by atoms with Gasteiger partial charge in [0.1, 0.15) is 12.1 Å². The van der Waals surface area contributed by atoms with Crippen molar-refractivity contribution in [2.45, 2.75) is 31.8 Å². The van der Waals surface area contributed by atoms with Gasteiger partial charge in [-0.15, -0.1) is 12.3 Å². The molecule has 0 aliphatic heterocycles. The zero-order chi connectivity index (χ0) is 16.5. The molecular formula is C16H18N2O4. The maximum Gasteiger partial charge on any atom is 0.327 e. The quantitative estimate of drug-likeness (QED) is 0.632. The van der Waals surface area contributed by atoms with Crippen LogP contribution in [0.1, 0.15) is 18.9 Å². The molecule has 0 saturated heterocycles. The van der Waals surface area contributed by atoms with E-state index in [2.05, 4.69) is 16.6 Å². The minimum atomic E-state index is -1.22. The fourth-order valence-electron chi connectivity index (χ4n) is 1.89. The Hall–Kier alpha value is -2.81. The van der Waals surface area contributed by atoms with Gasteiger partial charge in [-0.25, -0.2) is 4.79 Å². The number of carboxylic acids is 1. The summed E-state index contributed by atoms with van der Waals surface area (Å²) >= 11 is 0. The number of carbonyl (C=O) groups excluding carboxylic acids is 2. The molecule has 0 saturated carbocycles. The first-order valence-corrected chi connectivity index (χ1v) is 6.71. The van der Waals surface area contributed by atoms with Crippen molar-refractivity contribution < 1.29 is 19.5 Å². The third-order valence-corrected chi connectivity index (χ3v) is 2.91. The molecule has 2 atom stereocenters. The lowest BCUT2D eigenvalue weighted by Gasteiger charge is -2.20. The fourth-order valence-corrected chi connectivity index (χ4v) is 1.89. The molecule has 6 heteroatoms. The van der Waals surface area contributed by atoms with E-state index in [9.17, 15) is 14.4 Å². The van der Waals surface area contributed by atoms with Gasteiger partial charge in [-0.05, 0) is 5.56 Å². The number of amides is 2. The van der Waals surface area contributed by atoms with Crippen LogP contribution in [0.15, 0.2) is 30.3 Å². The lowest BCUT2D eigenvalue weighted by Crippen LogP contribution is -2.52. The number of terminal acetylenes is 1. The van der Waals surface area contributed by atoms with Gasteiger partial charge in [0.05, 0.1) is 0 Å². The Labute approximate surface area is 128 Å². The Morgan fingerprint density at radius 2 is 1.82 bits per heavy atom. The molecule has 0 aromatic heterocycles. The zero-order valence-corrected chi connectivity index (χ0v) is 12.2.